The van der Waals surface area contributed by atoms with Crippen molar-refractivity contribution in [3.8, 4) is 0 Å². The van der Waals surface area contributed by atoms with Gasteiger partial charge in [0.15, 0.2) is 0 Å². The Labute approximate surface area is 60.8 Å². The first kappa shape index (κ1) is 8.48. The largest absolute Gasteiger partial charge is 0.0891 e. The van der Waals surface area contributed by atoms with Crippen LogP contribution in [0.1, 0.15) is 39.5 Å². The van der Waals surface area contributed by atoms with Crippen molar-refractivity contribution in [3.63, 3.8) is 0 Å². The van der Waals surface area contributed by atoms with Crippen LogP contribution in [0.4, 0.5) is 0 Å². The molecule has 1 heteroatoms. The first-order chi connectivity index (χ1) is 3.39. The van der Waals surface area contributed by atoms with Crippen LogP contribution in [0.2, 0.25) is 0 Å². The molecule has 0 heterocycles. The Hall–Kier alpha value is 0.480. The van der Waals surface area contributed by atoms with Crippen LogP contribution in [0.3, 0.4) is 0 Å². The molecule has 1 aliphatic carbocycles. The summed E-state index contributed by atoms with van der Waals surface area (Å²) in [6.07, 6.45) is 7.15. The molecule has 0 N–H and O–H groups in total. The zero-order chi connectivity index (χ0) is 5.11. The van der Waals surface area contributed by atoms with E-state index in [1.54, 1.807) is 0 Å². The normalized spacial score (nSPS) is 22.1. The number of alkyl halides is 1. The maximum atomic E-state index is 3.59. The molecular formula is C7H15Br. The lowest BCUT2D eigenvalue weighted by Gasteiger charge is -2.13. The molecule has 0 spiro atoms. The van der Waals surface area contributed by atoms with Crippen LogP contribution in [0.15, 0.2) is 0 Å². The van der Waals surface area contributed by atoms with Gasteiger partial charge in [-0.3, -0.25) is 0 Å². The van der Waals surface area contributed by atoms with Gasteiger partial charge in [-0.05, 0) is 12.8 Å². The number of hydrogen-bond donors (Lipinski definition) is 0. The summed E-state index contributed by atoms with van der Waals surface area (Å²) >= 11 is 3.59. The molecular weight excluding hydrogens is 164 g/mol. The molecule has 0 amide bonds. The summed E-state index contributed by atoms with van der Waals surface area (Å²) in [4.78, 5) is 0.848. The first-order valence-corrected chi connectivity index (χ1v) is 3.95. The maximum Gasteiger partial charge on any atom is 0.0145 e. The van der Waals surface area contributed by atoms with Crippen molar-refractivity contribution in [1.29, 1.82) is 0 Å². The topological polar surface area (TPSA) is 0 Å². The monoisotopic (exact) mass is 178 g/mol. The average Bonchev–Trinajstić information content (AvgIpc) is 1.69. The molecule has 0 bridgehead atoms. The van der Waals surface area contributed by atoms with Gasteiger partial charge in [-0.1, -0.05) is 42.6 Å². The lowest BCUT2D eigenvalue weighted by molar-refractivity contribution is 0.521. The summed E-state index contributed by atoms with van der Waals surface area (Å²) in [5.74, 6) is 0. The Morgan fingerprint density at radius 1 is 1.00 bits per heavy atom. The highest BCUT2D eigenvalue weighted by atomic mass is 79.9. The summed E-state index contributed by atoms with van der Waals surface area (Å²) in [5, 5.41) is 0. The minimum atomic E-state index is 0. The van der Waals surface area contributed by atoms with Crippen LogP contribution in [0, 0.1) is 0 Å². The van der Waals surface area contributed by atoms with Crippen molar-refractivity contribution in [2.45, 2.75) is 44.4 Å². The fraction of sp³-hybridized carbons (Fsp3) is 1.00. The fourth-order valence-electron chi connectivity index (χ4n) is 1.05. The minimum Gasteiger partial charge on any atom is -0.0891 e. The zero-order valence-corrected chi connectivity index (χ0v) is 6.08. The van der Waals surface area contributed by atoms with Gasteiger partial charge in [-0.2, -0.15) is 0 Å². The molecule has 0 aromatic rings. The smallest absolute Gasteiger partial charge is 0.0145 e. The van der Waals surface area contributed by atoms with Crippen LogP contribution in [0.5, 0.6) is 0 Å². The third kappa shape index (κ3) is 2.71. The molecule has 1 fully saturated rings. The number of rotatable bonds is 0. The number of hydrogen-bond acceptors (Lipinski definition) is 0. The molecule has 50 valence electrons. The predicted molar refractivity (Wildman–Crippen MR) is 42.5 cm³/mol. The van der Waals surface area contributed by atoms with Crippen molar-refractivity contribution in [1.82, 2.24) is 0 Å². The molecule has 0 nitrogen and oxygen atoms in total. The van der Waals surface area contributed by atoms with E-state index in [0.29, 0.717) is 0 Å². The van der Waals surface area contributed by atoms with Gasteiger partial charge in [0.05, 0.1) is 0 Å². The minimum absolute atomic E-state index is 0. The highest BCUT2D eigenvalue weighted by Gasteiger charge is 2.07. The molecule has 0 radical (unpaired) electrons. The van der Waals surface area contributed by atoms with Gasteiger partial charge in [0, 0.05) is 4.83 Å². The average molecular weight is 179 g/mol. The predicted octanol–water partition coefficient (Wildman–Crippen LogP) is 3.35. The summed E-state index contributed by atoms with van der Waals surface area (Å²) in [6, 6.07) is 0. The van der Waals surface area contributed by atoms with Gasteiger partial charge in [-0.15, -0.1) is 0 Å². The lowest BCUT2D eigenvalue weighted by Crippen LogP contribution is -2.02. The molecule has 0 aromatic heterocycles. The SMILES string of the molecule is BrC1CCCCC1.C. The molecule has 0 aromatic carbocycles. The van der Waals surface area contributed by atoms with E-state index in [0.717, 1.165) is 4.83 Å². The highest BCUT2D eigenvalue weighted by Crippen LogP contribution is 2.22. The summed E-state index contributed by atoms with van der Waals surface area (Å²) in [6.45, 7) is 0. The van der Waals surface area contributed by atoms with Crippen molar-refractivity contribution >= 4 is 15.9 Å². The highest BCUT2D eigenvalue weighted by molar-refractivity contribution is 9.09. The van der Waals surface area contributed by atoms with E-state index in [4.69, 9.17) is 0 Å². The van der Waals surface area contributed by atoms with E-state index in [1.807, 2.05) is 0 Å². The molecule has 0 aliphatic heterocycles. The van der Waals surface area contributed by atoms with Crippen LogP contribution in [-0.2, 0) is 0 Å². The van der Waals surface area contributed by atoms with Crippen LogP contribution < -0.4 is 0 Å². The summed E-state index contributed by atoms with van der Waals surface area (Å²) in [7, 11) is 0. The van der Waals surface area contributed by atoms with E-state index in [-0.39, 0.29) is 7.43 Å². The Morgan fingerprint density at radius 2 is 1.50 bits per heavy atom. The van der Waals surface area contributed by atoms with Gasteiger partial charge >= 0.3 is 0 Å². The molecule has 1 rings (SSSR count). The van der Waals surface area contributed by atoms with E-state index < -0.39 is 0 Å². The molecule has 0 unspecified atom stereocenters. The Morgan fingerprint density at radius 3 is 1.75 bits per heavy atom. The fourth-order valence-corrected chi connectivity index (χ4v) is 1.70. The summed E-state index contributed by atoms with van der Waals surface area (Å²) < 4.78 is 0. The lowest BCUT2D eigenvalue weighted by atomic mass is 10.0. The standard InChI is InChI=1S/C6H11Br.CH4/c7-6-4-2-1-3-5-6;/h6H,1-5H2;1H4. The molecule has 0 saturated heterocycles. The van der Waals surface area contributed by atoms with E-state index in [1.165, 1.54) is 32.1 Å². The zero-order valence-electron chi connectivity index (χ0n) is 4.49. The van der Waals surface area contributed by atoms with E-state index in [9.17, 15) is 0 Å². The summed E-state index contributed by atoms with van der Waals surface area (Å²) in [5.41, 5.74) is 0. The third-order valence-corrected chi connectivity index (χ3v) is 2.45. The van der Waals surface area contributed by atoms with E-state index in [2.05, 4.69) is 15.9 Å². The van der Waals surface area contributed by atoms with Crippen LogP contribution in [0.25, 0.3) is 0 Å². The van der Waals surface area contributed by atoms with Crippen molar-refractivity contribution in [2.24, 2.45) is 0 Å². The van der Waals surface area contributed by atoms with Gasteiger partial charge < -0.3 is 0 Å². The quantitative estimate of drug-likeness (QED) is 0.500. The molecule has 1 aliphatic rings. The maximum absolute atomic E-state index is 3.59. The van der Waals surface area contributed by atoms with Crippen molar-refractivity contribution in [3.05, 3.63) is 0 Å². The second kappa shape index (κ2) is 4.37. The van der Waals surface area contributed by atoms with Gasteiger partial charge in [0.1, 0.15) is 0 Å². The first-order valence-electron chi connectivity index (χ1n) is 3.03. The second-order valence-corrected chi connectivity index (χ2v) is 3.53. The van der Waals surface area contributed by atoms with Crippen LogP contribution in [-0.4, -0.2) is 4.83 Å². The van der Waals surface area contributed by atoms with Gasteiger partial charge in [-0.25, -0.2) is 0 Å². The van der Waals surface area contributed by atoms with Crippen molar-refractivity contribution in [2.75, 3.05) is 0 Å². The third-order valence-electron chi connectivity index (χ3n) is 1.53. The Balaban J connectivity index is 0.000000490. The van der Waals surface area contributed by atoms with Gasteiger partial charge in [0.25, 0.3) is 0 Å². The Kier molecular flexibility index (Phi) is 4.63. The van der Waals surface area contributed by atoms with Gasteiger partial charge in [0.2, 0.25) is 0 Å². The van der Waals surface area contributed by atoms with Crippen molar-refractivity contribution < 1.29 is 0 Å². The Bertz CT molecular complexity index is 46.3. The van der Waals surface area contributed by atoms with E-state index >= 15 is 0 Å². The second-order valence-electron chi connectivity index (χ2n) is 2.24. The molecule has 1 saturated carbocycles. The molecule has 8 heavy (non-hydrogen) atoms. The number of halogens is 1. The molecule has 0 atom stereocenters. The van der Waals surface area contributed by atoms with Crippen LogP contribution >= 0.6 is 15.9 Å².